The molecule has 41 heavy (non-hydrogen) atoms. The van der Waals surface area contributed by atoms with Gasteiger partial charge < -0.3 is 19.6 Å². The van der Waals surface area contributed by atoms with Crippen molar-refractivity contribution in [2.75, 3.05) is 32.6 Å². The van der Waals surface area contributed by atoms with E-state index in [4.69, 9.17) is 4.74 Å². The van der Waals surface area contributed by atoms with E-state index in [1.807, 2.05) is 39.2 Å². The molecule has 0 heterocycles. The number of carbonyl (C=O) groups is 1. The maximum Gasteiger partial charge on any atom is 0.253 e. The number of aliphatic hydroxyl groups is 1. The third-order valence-electron chi connectivity index (χ3n) is 8.37. The van der Waals surface area contributed by atoms with Crippen LogP contribution in [0.25, 0.3) is 0 Å². The number of anilines is 1. The lowest BCUT2D eigenvalue weighted by molar-refractivity contribution is 0.0802. The summed E-state index contributed by atoms with van der Waals surface area (Å²) in [4.78, 5) is 16.2. The Morgan fingerprint density at radius 1 is 0.951 bits per heavy atom. The Labute approximate surface area is 246 Å². The van der Waals surface area contributed by atoms with Crippen LogP contribution in [0.1, 0.15) is 91.7 Å². The molecule has 0 saturated heterocycles. The molecular formula is C36H44N2O3. The highest BCUT2D eigenvalue weighted by atomic mass is 16.5. The van der Waals surface area contributed by atoms with Gasteiger partial charge in [0.05, 0.1) is 0 Å². The summed E-state index contributed by atoms with van der Waals surface area (Å²) in [5, 5.41) is 11.2. The van der Waals surface area contributed by atoms with Crippen molar-refractivity contribution in [3.63, 3.8) is 0 Å². The minimum atomic E-state index is -0.976. The molecule has 4 rings (SSSR count). The molecule has 1 atom stereocenters. The van der Waals surface area contributed by atoms with E-state index < -0.39 is 6.10 Å². The lowest BCUT2D eigenvalue weighted by atomic mass is 9.62. The van der Waals surface area contributed by atoms with Gasteiger partial charge in [0.1, 0.15) is 18.5 Å². The first-order valence-electron chi connectivity index (χ1n) is 14.5. The number of carbonyl (C=O) groups excluding carboxylic acids is 1. The first-order valence-corrected chi connectivity index (χ1v) is 14.5. The average Bonchev–Trinajstić information content (AvgIpc) is 2.96. The Kier molecular flexibility index (Phi) is 8.85. The second-order valence-corrected chi connectivity index (χ2v) is 12.6. The van der Waals surface area contributed by atoms with Crippen LogP contribution in [0.15, 0.2) is 60.7 Å². The molecule has 0 bridgehead atoms. The summed E-state index contributed by atoms with van der Waals surface area (Å²) in [6.45, 7) is 12.1. The Bertz CT molecular complexity index is 1440. The Morgan fingerprint density at radius 2 is 1.59 bits per heavy atom. The quantitative estimate of drug-likeness (QED) is 0.326. The first-order chi connectivity index (χ1) is 19.3. The van der Waals surface area contributed by atoms with Crippen molar-refractivity contribution in [2.24, 2.45) is 0 Å². The molecule has 1 aliphatic carbocycles. The number of ether oxygens (including phenoxy) is 1. The molecule has 0 aromatic heterocycles. The van der Waals surface area contributed by atoms with Crippen LogP contribution in [0.2, 0.25) is 0 Å². The number of hydrogen-bond acceptors (Lipinski definition) is 4. The molecule has 0 saturated carbocycles. The Balaban J connectivity index is 1.65. The number of hydrogen-bond donors (Lipinski definition) is 1. The maximum atomic E-state index is 12.4. The summed E-state index contributed by atoms with van der Waals surface area (Å²) in [5.41, 5.74) is 6.68. The minimum Gasteiger partial charge on any atom is -0.489 e. The summed E-state index contributed by atoms with van der Waals surface area (Å²) in [5.74, 6) is 6.91. The van der Waals surface area contributed by atoms with Gasteiger partial charge in [0.25, 0.3) is 5.91 Å². The zero-order chi connectivity index (χ0) is 29.9. The number of fused-ring (bicyclic) bond motifs is 1. The van der Waals surface area contributed by atoms with Crippen LogP contribution < -0.4 is 9.64 Å². The van der Waals surface area contributed by atoms with Crippen LogP contribution in [-0.4, -0.2) is 43.6 Å². The van der Waals surface area contributed by atoms with Gasteiger partial charge in [-0.25, -0.2) is 0 Å². The van der Waals surface area contributed by atoms with Crippen LogP contribution in [0.5, 0.6) is 5.75 Å². The monoisotopic (exact) mass is 552 g/mol. The van der Waals surface area contributed by atoms with Gasteiger partial charge in [-0.1, -0.05) is 57.7 Å². The van der Waals surface area contributed by atoms with Crippen molar-refractivity contribution in [3.8, 4) is 17.6 Å². The van der Waals surface area contributed by atoms with Crippen molar-refractivity contribution >= 4 is 11.6 Å². The predicted molar refractivity (Wildman–Crippen MR) is 168 cm³/mol. The zero-order valence-corrected chi connectivity index (χ0v) is 25.8. The highest BCUT2D eigenvalue weighted by Gasteiger charge is 2.40. The molecule has 1 amide bonds. The molecule has 216 valence electrons. The van der Waals surface area contributed by atoms with Gasteiger partial charge in [-0.3, -0.25) is 4.79 Å². The molecule has 3 aromatic rings. The minimum absolute atomic E-state index is 0.0205. The van der Waals surface area contributed by atoms with E-state index in [9.17, 15) is 9.90 Å². The van der Waals surface area contributed by atoms with Crippen LogP contribution in [0, 0.1) is 11.8 Å². The highest BCUT2D eigenvalue weighted by Crippen LogP contribution is 2.50. The molecule has 3 aromatic carbocycles. The van der Waals surface area contributed by atoms with E-state index >= 15 is 0 Å². The third-order valence-corrected chi connectivity index (χ3v) is 8.37. The number of aliphatic hydroxyl groups excluding tert-OH is 1. The largest absolute Gasteiger partial charge is 0.489 e. The molecule has 0 spiro atoms. The van der Waals surface area contributed by atoms with Crippen molar-refractivity contribution in [1.82, 2.24) is 4.90 Å². The number of nitrogens with zero attached hydrogens (tertiary/aromatic N) is 2. The molecule has 1 unspecified atom stereocenters. The molecule has 5 nitrogen and oxygen atoms in total. The van der Waals surface area contributed by atoms with Gasteiger partial charge in [-0.05, 0) is 89.8 Å². The fourth-order valence-corrected chi connectivity index (χ4v) is 5.37. The average molecular weight is 553 g/mol. The van der Waals surface area contributed by atoms with Gasteiger partial charge in [-0.15, -0.1) is 0 Å². The topological polar surface area (TPSA) is 53.0 Å². The normalized spacial score (nSPS) is 15.6. The molecule has 0 radical (unpaired) electrons. The molecule has 0 aliphatic heterocycles. The summed E-state index contributed by atoms with van der Waals surface area (Å²) < 4.78 is 6.53. The van der Waals surface area contributed by atoms with Crippen molar-refractivity contribution in [1.29, 1.82) is 0 Å². The number of benzene rings is 3. The summed E-state index contributed by atoms with van der Waals surface area (Å²) >= 11 is 0. The molecule has 1 aliphatic rings. The fraction of sp³-hybridized carbons (Fsp3) is 0.417. The number of rotatable bonds is 7. The molecule has 5 heteroatoms. The van der Waals surface area contributed by atoms with Crippen molar-refractivity contribution in [2.45, 2.75) is 71.0 Å². The van der Waals surface area contributed by atoms with Crippen LogP contribution >= 0.6 is 0 Å². The maximum absolute atomic E-state index is 12.4. The summed E-state index contributed by atoms with van der Waals surface area (Å²) in [6, 6.07) is 19.7. The molecular weight excluding hydrogens is 508 g/mol. The van der Waals surface area contributed by atoms with E-state index in [0.29, 0.717) is 18.7 Å². The second-order valence-electron chi connectivity index (χ2n) is 12.6. The lowest BCUT2D eigenvalue weighted by Crippen LogP contribution is -2.34. The summed E-state index contributed by atoms with van der Waals surface area (Å²) in [6.07, 6.45) is 1.15. The molecule has 0 fully saturated rings. The van der Waals surface area contributed by atoms with Crippen LogP contribution in [0.3, 0.4) is 0 Å². The van der Waals surface area contributed by atoms with E-state index in [0.717, 1.165) is 41.0 Å². The molecule has 1 N–H and O–H groups in total. The van der Waals surface area contributed by atoms with Gasteiger partial charge in [0.2, 0.25) is 0 Å². The van der Waals surface area contributed by atoms with Gasteiger partial charge >= 0.3 is 0 Å². The third kappa shape index (κ3) is 6.77. The Morgan fingerprint density at radius 3 is 2.20 bits per heavy atom. The zero-order valence-electron chi connectivity index (χ0n) is 25.8. The van der Waals surface area contributed by atoms with Crippen LogP contribution in [0.4, 0.5) is 5.69 Å². The lowest BCUT2D eigenvalue weighted by Gasteiger charge is -2.43. The highest BCUT2D eigenvalue weighted by molar-refractivity contribution is 5.94. The fourth-order valence-electron chi connectivity index (χ4n) is 5.37. The van der Waals surface area contributed by atoms with E-state index in [1.54, 1.807) is 24.1 Å². The Hall–Kier alpha value is -3.75. The van der Waals surface area contributed by atoms with E-state index in [-0.39, 0.29) is 16.7 Å². The summed E-state index contributed by atoms with van der Waals surface area (Å²) in [7, 11) is 5.85. The van der Waals surface area contributed by atoms with E-state index in [2.05, 4.69) is 74.8 Å². The first kappa shape index (κ1) is 30.2. The van der Waals surface area contributed by atoms with Gasteiger partial charge in [0.15, 0.2) is 0 Å². The predicted octanol–water partition coefficient (Wildman–Crippen LogP) is 6.86. The van der Waals surface area contributed by atoms with Crippen molar-refractivity contribution < 1.29 is 14.6 Å². The van der Waals surface area contributed by atoms with Gasteiger partial charge in [0, 0.05) is 50.1 Å². The van der Waals surface area contributed by atoms with E-state index in [1.165, 1.54) is 11.1 Å². The second kappa shape index (κ2) is 12.0. The SMILES string of the molecule is CCN(C)C(=O)c1ccc(C#CC(O)c2cc(OCc3ccc(N(C)C)cc3)c3c(c2)C(C)(C)CCC3(C)C)cc1. The van der Waals surface area contributed by atoms with Crippen molar-refractivity contribution in [3.05, 3.63) is 94.0 Å². The number of amides is 1. The smallest absolute Gasteiger partial charge is 0.253 e. The standard InChI is InChI=1S/C36H44N2O3/c1-9-38(8)34(40)27-15-10-25(11-16-27)14-19-31(39)28-22-30-33(36(4,5)21-20-35(30,2)3)32(23-28)41-24-26-12-17-29(18-13-26)37(6)7/h10-13,15-18,22-23,31,39H,9,20-21,24H2,1-8H3. The van der Waals surface area contributed by atoms with Crippen LogP contribution in [-0.2, 0) is 17.4 Å². The van der Waals surface area contributed by atoms with Gasteiger partial charge in [-0.2, -0.15) is 0 Å².